The lowest BCUT2D eigenvalue weighted by molar-refractivity contribution is -0.148. The number of nitrogens with one attached hydrogen (secondary N) is 1. The molecule has 4 heteroatoms. The molecule has 2 N–H and O–H groups in total. The average molecular weight is 274 g/mol. The maximum Gasteiger partial charge on any atom is 0.324 e. The number of aliphatic carboxylic acids is 1. The third-order valence-electron chi connectivity index (χ3n) is 4.79. The zero-order valence-electron chi connectivity index (χ0n) is 11.7. The van der Waals surface area contributed by atoms with Gasteiger partial charge in [-0.1, -0.05) is 30.3 Å². The normalized spacial score (nSPS) is 30.1. The minimum Gasteiger partial charge on any atom is -0.480 e. The van der Waals surface area contributed by atoms with E-state index in [0.717, 1.165) is 31.5 Å². The topological polar surface area (TPSA) is 52.6 Å². The number of carboxylic acids is 1. The Balaban J connectivity index is 1.70. The molecule has 2 unspecified atom stereocenters. The number of nitrogens with zero attached hydrogens (tertiary/aromatic N) is 1. The van der Waals surface area contributed by atoms with E-state index < -0.39 is 11.5 Å². The summed E-state index contributed by atoms with van der Waals surface area (Å²) < 4.78 is 0. The van der Waals surface area contributed by atoms with Gasteiger partial charge in [0.1, 0.15) is 5.54 Å². The summed E-state index contributed by atoms with van der Waals surface area (Å²) >= 11 is 0. The van der Waals surface area contributed by atoms with Crippen LogP contribution in [-0.2, 0) is 11.3 Å². The molecule has 0 spiro atoms. The maximum absolute atomic E-state index is 11.8. The van der Waals surface area contributed by atoms with Gasteiger partial charge in [0, 0.05) is 19.1 Å². The summed E-state index contributed by atoms with van der Waals surface area (Å²) in [6, 6.07) is 10.5. The molecule has 2 heterocycles. The van der Waals surface area contributed by atoms with Crippen molar-refractivity contribution in [2.75, 3.05) is 13.1 Å². The predicted octanol–water partition coefficient (Wildman–Crippen LogP) is 1.86. The summed E-state index contributed by atoms with van der Waals surface area (Å²) in [7, 11) is 0. The fourth-order valence-electron chi connectivity index (χ4n) is 3.56. The lowest BCUT2D eigenvalue weighted by Gasteiger charge is -2.42. The van der Waals surface area contributed by atoms with E-state index in [1.807, 2.05) is 30.3 Å². The fourth-order valence-corrected chi connectivity index (χ4v) is 3.56. The van der Waals surface area contributed by atoms with E-state index in [9.17, 15) is 9.90 Å². The summed E-state index contributed by atoms with van der Waals surface area (Å²) in [5.74, 6) is -0.694. The van der Waals surface area contributed by atoms with Crippen LogP contribution >= 0.6 is 0 Å². The minimum atomic E-state index is -0.749. The van der Waals surface area contributed by atoms with Crippen molar-refractivity contribution in [3.8, 4) is 0 Å². The van der Waals surface area contributed by atoms with Gasteiger partial charge in [-0.15, -0.1) is 0 Å². The number of fused-ring (bicyclic) bond motifs is 1. The molecule has 2 saturated heterocycles. The molecule has 3 rings (SSSR count). The number of rotatable bonds is 4. The first kappa shape index (κ1) is 13.6. The first-order valence-corrected chi connectivity index (χ1v) is 7.46. The third-order valence-corrected chi connectivity index (χ3v) is 4.79. The molecule has 2 aliphatic rings. The second-order valence-corrected chi connectivity index (χ2v) is 6.01. The molecule has 2 aliphatic heterocycles. The quantitative estimate of drug-likeness (QED) is 0.880. The summed E-state index contributed by atoms with van der Waals surface area (Å²) in [6.07, 6.45) is 3.78. The Labute approximate surface area is 119 Å². The monoisotopic (exact) mass is 274 g/mol. The highest BCUT2D eigenvalue weighted by Gasteiger charge is 2.46. The van der Waals surface area contributed by atoms with Crippen molar-refractivity contribution in [2.45, 2.75) is 43.8 Å². The van der Waals surface area contributed by atoms with Gasteiger partial charge in [0.15, 0.2) is 0 Å². The molecule has 0 aromatic heterocycles. The number of hydrogen-bond acceptors (Lipinski definition) is 3. The van der Waals surface area contributed by atoms with Gasteiger partial charge < -0.3 is 10.0 Å². The van der Waals surface area contributed by atoms with Crippen molar-refractivity contribution in [1.82, 2.24) is 10.2 Å². The van der Waals surface area contributed by atoms with Crippen molar-refractivity contribution in [3.63, 3.8) is 0 Å². The highest BCUT2D eigenvalue weighted by Crippen LogP contribution is 2.33. The van der Waals surface area contributed by atoms with E-state index in [-0.39, 0.29) is 0 Å². The lowest BCUT2D eigenvalue weighted by Crippen LogP contribution is -2.59. The van der Waals surface area contributed by atoms with Gasteiger partial charge in [-0.25, -0.2) is 0 Å². The molecule has 108 valence electrons. The van der Waals surface area contributed by atoms with Crippen LogP contribution in [0.25, 0.3) is 0 Å². The Kier molecular flexibility index (Phi) is 3.76. The molecular weight excluding hydrogens is 252 g/mol. The molecule has 0 bridgehead atoms. The van der Waals surface area contributed by atoms with Crippen LogP contribution in [0.2, 0.25) is 0 Å². The Morgan fingerprint density at radius 3 is 2.90 bits per heavy atom. The van der Waals surface area contributed by atoms with Crippen LogP contribution in [-0.4, -0.2) is 40.6 Å². The molecule has 0 amide bonds. The van der Waals surface area contributed by atoms with Gasteiger partial charge in [0.2, 0.25) is 0 Å². The van der Waals surface area contributed by atoms with Gasteiger partial charge in [0.05, 0.1) is 0 Å². The highest BCUT2D eigenvalue weighted by molar-refractivity contribution is 5.79. The molecule has 0 radical (unpaired) electrons. The summed E-state index contributed by atoms with van der Waals surface area (Å²) in [6.45, 7) is 2.66. The van der Waals surface area contributed by atoms with E-state index in [1.54, 1.807) is 0 Å². The smallest absolute Gasteiger partial charge is 0.324 e. The van der Waals surface area contributed by atoms with Crippen LogP contribution in [0, 0.1) is 0 Å². The molecule has 2 atom stereocenters. The maximum atomic E-state index is 11.8. The van der Waals surface area contributed by atoms with E-state index in [4.69, 9.17) is 0 Å². The van der Waals surface area contributed by atoms with E-state index in [2.05, 4.69) is 10.2 Å². The Bertz CT molecular complexity index is 477. The summed E-state index contributed by atoms with van der Waals surface area (Å²) in [4.78, 5) is 14.3. The second kappa shape index (κ2) is 5.54. The van der Waals surface area contributed by atoms with Crippen LogP contribution in [0.4, 0.5) is 0 Å². The lowest BCUT2D eigenvalue weighted by atomic mass is 9.83. The predicted molar refractivity (Wildman–Crippen MR) is 77.5 cm³/mol. The van der Waals surface area contributed by atoms with Crippen molar-refractivity contribution in [2.24, 2.45) is 0 Å². The molecule has 20 heavy (non-hydrogen) atoms. The number of carboxylic acid groups (broad SMARTS) is 1. The molecule has 1 aromatic carbocycles. The molecular formula is C16H22N2O2. The molecule has 4 nitrogen and oxygen atoms in total. The number of piperidine rings is 1. The standard InChI is InChI=1S/C16H22N2O2/c19-15(20)16(17-12-13-5-2-1-3-6-13)8-10-18-9-4-7-14(18)11-16/h1-3,5-6,14,17H,4,7-12H2,(H,19,20). The first-order chi connectivity index (χ1) is 9.70. The first-order valence-electron chi connectivity index (χ1n) is 7.46. The number of hydrogen-bond donors (Lipinski definition) is 2. The van der Waals surface area contributed by atoms with E-state index in [1.165, 1.54) is 6.42 Å². The Morgan fingerprint density at radius 1 is 1.35 bits per heavy atom. The van der Waals surface area contributed by atoms with Gasteiger partial charge in [-0.05, 0) is 37.8 Å². The van der Waals surface area contributed by atoms with Crippen LogP contribution in [0.15, 0.2) is 30.3 Å². The van der Waals surface area contributed by atoms with Crippen LogP contribution in [0.5, 0.6) is 0 Å². The minimum absolute atomic E-state index is 0.447. The molecule has 0 saturated carbocycles. The van der Waals surface area contributed by atoms with Gasteiger partial charge in [-0.3, -0.25) is 10.1 Å². The zero-order chi connectivity index (χ0) is 14.0. The average Bonchev–Trinajstić information content (AvgIpc) is 2.93. The van der Waals surface area contributed by atoms with Crippen molar-refractivity contribution >= 4 is 5.97 Å². The van der Waals surface area contributed by atoms with Crippen molar-refractivity contribution in [1.29, 1.82) is 0 Å². The number of benzene rings is 1. The SMILES string of the molecule is O=C(O)C1(NCc2ccccc2)CCN2CCCC2C1. The summed E-state index contributed by atoms with van der Waals surface area (Å²) in [5.41, 5.74) is 0.392. The fraction of sp³-hybridized carbons (Fsp3) is 0.562. The van der Waals surface area contributed by atoms with Crippen LogP contribution in [0.3, 0.4) is 0 Å². The van der Waals surface area contributed by atoms with Gasteiger partial charge in [-0.2, -0.15) is 0 Å². The molecule has 2 fully saturated rings. The molecule has 1 aromatic rings. The molecule has 0 aliphatic carbocycles. The van der Waals surface area contributed by atoms with Gasteiger partial charge in [0.25, 0.3) is 0 Å². The highest BCUT2D eigenvalue weighted by atomic mass is 16.4. The largest absolute Gasteiger partial charge is 0.480 e. The van der Waals surface area contributed by atoms with Crippen molar-refractivity contribution < 1.29 is 9.90 Å². The Hall–Kier alpha value is -1.39. The zero-order valence-corrected chi connectivity index (χ0v) is 11.7. The van der Waals surface area contributed by atoms with E-state index >= 15 is 0 Å². The van der Waals surface area contributed by atoms with E-state index in [0.29, 0.717) is 19.0 Å². The second-order valence-electron chi connectivity index (χ2n) is 6.01. The third kappa shape index (κ3) is 2.58. The van der Waals surface area contributed by atoms with Crippen LogP contribution < -0.4 is 5.32 Å². The number of carbonyl (C=O) groups is 1. The van der Waals surface area contributed by atoms with Crippen molar-refractivity contribution in [3.05, 3.63) is 35.9 Å². The van der Waals surface area contributed by atoms with Gasteiger partial charge >= 0.3 is 5.97 Å². The summed E-state index contributed by atoms with van der Waals surface area (Å²) in [5, 5.41) is 13.0. The van der Waals surface area contributed by atoms with Crippen LogP contribution in [0.1, 0.15) is 31.2 Å². The Morgan fingerprint density at radius 2 is 2.15 bits per heavy atom.